The van der Waals surface area contributed by atoms with E-state index in [2.05, 4.69) is 15.8 Å². The summed E-state index contributed by atoms with van der Waals surface area (Å²) in [4.78, 5) is 4.32. The zero-order valence-corrected chi connectivity index (χ0v) is 14.0. The molecule has 22 heavy (non-hydrogen) atoms. The van der Waals surface area contributed by atoms with E-state index >= 15 is 0 Å². The van der Waals surface area contributed by atoms with Crippen LogP contribution in [-0.4, -0.2) is 25.8 Å². The fraction of sp³-hybridized carbons (Fsp3) is 0.400. The molecule has 0 aliphatic carbocycles. The van der Waals surface area contributed by atoms with E-state index in [0.29, 0.717) is 30.4 Å². The Bertz CT molecular complexity index is 591. The number of thiazole rings is 1. The van der Waals surface area contributed by atoms with E-state index in [4.69, 9.17) is 14.2 Å². The Kier molecular flexibility index (Phi) is 5.85. The van der Waals surface area contributed by atoms with E-state index in [1.54, 1.807) is 25.6 Å². The molecule has 0 aliphatic heterocycles. The van der Waals surface area contributed by atoms with Crippen LogP contribution in [0.15, 0.2) is 17.5 Å². The van der Waals surface area contributed by atoms with Gasteiger partial charge < -0.3 is 14.2 Å². The smallest absolute Gasteiger partial charge is 0.203 e. The standard InChI is InChI=1S/C15H21N3O3S/c1-5-21-14-12(19-3)6-11(7-13(14)20-4)8-16-18-15-17-10(2)9-22-15/h6-7,9,16H,5,8H2,1-4H3,(H,17,18). The molecule has 6 nitrogen and oxygen atoms in total. The van der Waals surface area contributed by atoms with Crippen molar-refractivity contribution in [2.24, 2.45) is 0 Å². The predicted molar refractivity (Wildman–Crippen MR) is 88.0 cm³/mol. The fourth-order valence-electron chi connectivity index (χ4n) is 1.96. The second kappa shape index (κ2) is 7.86. The Hall–Kier alpha value is -1.99. The van der Waals surface area contributed by atoms with E-state index in [-0.39, 0.29) is 0 Å². The summed E-state index contributed by atoms with van der Waals surface area (Å²) < 4.78 is 16.4. The molecule has 0 saturated heterocycles. The Morgan fingerprint density at radius 3 is 2.36 bits per heavy atom. The molecular weight excluding hydrogens is 302 g/mol. The second-order valence-corrected chi connectivity index (χ2v) is 5.39. The van der Waals surface area contributed by atoms with Crippen molar-refractivity contribution in [1.82, 2.24) is 10.4 Å². The van der Waals surface area contributed by atoms with Gasteiger partial charge in [-0.3, -0.25) is 5.43 Å². The molecule has 0 aliphatic rings. The van der Waals surface area contributed by atoms with E-state index in [1.807, 2.05) is 31.4 Å². The zero-order chi connectivity index (χ0) is 15.9. The maximum absolute atomic E-state index is 5.59. The maximum atomic E-state index is 5.59. The van der Waals surface area contributed by atoms with Crippen molar-refractivity contribution in [3.05, 3.63) is 28.8 Å². The van der Waals surface area contributed by atoms with E-state index in [0.717, 1.165) is 16.4 Å². The number of ether oxygens (including phenoxy) is 3. The Morgan fingerprint density at radius 1 is 1.18 bits per heavy atom. The molecule has 2 N–H and O–H groups in total. The van der Waals surface area contributed by atoms with Gasteiger partial charge in [0.25, 0.3) is 0 Å². The average Bonchev–Trinajstić information content (AvgIpc) is 2.93. The van der Waals surface area contributed by atoms with Gasteiger partial charge in [0.05, 0.1) is 26.5 Å². The lowest BCUT2D eigenvalue weighted by molar-refractivity contribution is 0.288. The Balaban J connectivity index is 2.07. The molecule has 1 heterocycles. The largest absolute Gasteiger partial charge is 0.493 e. The van der Waals surface area contributed by atoms with Crippen molar-refractivity contribution in [2.45, 2.75) is 20.4 Å². The van der Waals surface area contributed by atoms with Crippen LogP contribution in [0, 0.1) is 6.92 Å². The minimum atomic E-state index is 0.551. The van der Waals surface area contributed by atoms with Crippen molar-refractivity contribution >= 4 is 16.5 Å². The summed E-state index contributed by atoms with van der Waals surface area (Å²) in [6.07, 6.45) is 0. The van der Waals surface area contributed by atoms with Crippen molar-refractivity contribution in [1.29, 1.82) is 0 Å². The normalized spacial score (nSPS) is 10.4. The molecule has 0 bridgehead atoms. The van der Waals surface area contributed by atoms with E-state index < -0.39 is 0 Å². The van der Waals surface area contributed by atoms with E-state index in [9.17, 15) is 0 Å². The van der Waals surface area contributed by atoms with Crippen molar-refractivity contribution in [2.75, 3.05) is 26.3 Å². The monoisotopic (exact) mass is 323 g/mol. The number of benzene rings is 1. The highest BCUT2D eigenvalue weighted by atomic mass is 32.1. The summed E-state index contributed by atoms with van der Waals surface area (Å²) in [5.74, 6) is 1.94. The molecule has 0 fully saturated rings. The number of nitrogens with zero attached hydrogens (tertiary/aromatic N) is 1. The lowest BCUT2D eigenvalue weighted by Gasteiger charge is -2.15. The van der Waals surface area contributed by atoms with Crippen LogP contribution in [0.25, 0.3) is 0 Å². The molecule has 0 saturated carbocycles. The van der Waals surface area contributed by atoms with Gasteiger partial charge in [-0.25, -0.2) is 10.4 Å². The summed E-state index contributed by atoms with van der Waals surface area (Å²) >= 11 is 1.55. The molecule has 0 amide bonds. The first-order chi connectivity index (χ1) is 10.7. The van der Waals surface area contributed by atoms with Crippen LogP contribution in [-0.2, 0) is 6.54 Å². The molecule has 0 unspecified atom stereocenters. The van der Waals surface area contributed by atoms with Crippen molar-refractivity contribution in [3.63, 3.8) is 0 Å². The second-order valence-electron chi connectivity index (χ2n) is 4.54. The number of aromatic nitrogens is 1. The minimum absolute atomic E-state index is 0.551. The third-order valence-electron chi connectivity index (χ3n) is 2.92. The third-order valence-corrected chi connectivity index (χ3v) is 3.79. The molecule has 0 atom stereocenters. The number of aryl methyl sites for hydroxylation is 1. The molecule has 7 heteroatoms. The number of hydrogen-bond acceptors (Lipinski definition) is 7. The highest BCUT2D eigenvalue weighted by Crippen LogP contribution is 2.38. The number of nitrogens with one attached hydrogen (secondary N) is 2. The maximum Gasteiger partial charge on any atom is 0.203 e. The van der Waals surface area contributed by atoms with Crippen molar-refractivity contribution < 1.29 is 14.2 Å². The van der Waals surface area contributed by atoms with Crippen LogP contribution < -0.4 is 25.1 Å². The van der Waals surface area contributed by atoms with Crippen LogP contribution in [0.2, 0.25) is 0 Å². The lowest BCUT2D eigenvalue weighted by Crippen LogP contribution is -2.20. The minimum Gasteiger partial charge on any atom is -0.493 e. The molecule has 1 aromatic carbocycles. The topological polar surface area (TPSA) is 64.6 Å². The molecule has 0 spiro atoms. The fourth-order valence-corrected chi connectivity index (χ4v) is 2.62. The average molecular weight is 323 g/mol. The molecule has 2 rings (SSSR count). The predicted octanol–water partition coefficient (Wildman–Crippen LogP) is 2.98. The summed E-state index contributed by atoms with van der Waals surface area (Å²) in [5, 5.41) is 2.83. The number of hydrazine groups is 1. The molecule has 1 aromatic heterocycles. The summed E-state index contributed by atoms with van der Waals surface area (Å²) in [6.45, 7) is 5.03. The Morgan fingerprint density at radius 2 is 1.86 bits per heavy atom. The molecule has 120 valence electrons. The van der Waals surface area contributed by atoms with Gasteiger partial charge in [-0.05, 0) is 31.5 Å². The summed E-state index contributed by atoms with van der Waals surface area (Å²) in [6, 6.07) is 3.85. The van der Waals surface area contributed by atoms with Gasteiger partial charge in [0, 0.05) is 11.9 Å². The van der Waals surface area contributed by atoms with Crippen LogP contribution >= 0.6 is 11.3 Å². The van der Waals surface area contributed by atoms with Gasteiger partial charge in [-0.1, -0.05) is 0 Å². The lowest BCUT2D eigenvalue weighted by atomic mass is 10.2. The first kappa shape index (κ1) is 16.4. The quantitative estimate of drug-likeness (QED) is 0.728. The highest BCUT2D eigenvalue weighted by molar-refractivity contribution is 7.13. The summed E-state index contributed by atoms with van der Waals surface area (Å²) in [5.41, 5.74) is 8.22. The molecule has 2 aromatic rings. The van der Waals surface area contributed by atoms with Crippen LogP contribution in [0.4, 0.5) is 5.13 Å². The van der Waals surface area contributed by atoms with Crippen LogP contribution in [0.5, 0.6) is 17.2 Å². The van der Waals surface area contributed by atoms with Gasteiger partial charge in [-0.15, -0.1) is 11.3 Å². The number of rotatable bonds is 8. The highest BCUT2D eigenvalue weighted by Gasteiger charge is 2.13. The van der Waals surface area contributed by atoms with Crippen LogP contribution in [0.1, 0.15) is 18.2 Å². The van der Waals surface area contributed by atoms with Crippen LogP contribution in [0.3, 0.4) is 0 Å². The zero-order valence-electron chi connectivity index (χ0n) is 13.2. The molecule has 0 radical (unpaired) electrons. The van der Waals surface area contributed by atoms with Gasteiger partial charge in [0.1, 0.15) is 0 Å². The third kappa shape index (κ3) is 4.02. The first-order valence-corrected chi connectivity index (χ1v) is 7.84. The van der Waals surface area contributed by atoms with E-state index in [1.165, 1.54) is 0 Å². The van der Waals surface area contributed by atoms with Gasteiger partial charge in [0.2, 0.25) is 5.75 Å². The van der Waals surface area contributed by atoms with Gasteiger partial charge in [-0.2, -0.15) is 0 Å². The Labute approximate surface area is 134 Å². The number of methoxy groups -OCH3 is 2. The first-order valence-electron chi connectivity index (χ1n) is 6.96. The number of anilines is 1. The molecular formula is C15H21N3O3S. The number of hydrogen-bond donors (Lipinski definition) is 2. The van der Waals surface area contributed by atoms with Gasteiger partial charge in [0.15, 0.2) is 16.6 Å². The summed E-state index contributed by atoms with van der Waals surface area (Å²) in [7, 11) is 3.23. The van der Waals surface area contributed by atoms with Gasteiger partial charge >= 0.3 is 0 Å². The van der Waals surface area contributed by atoms with Crippen molar-refractivity contribution in [3.8, 4) is 17.2 Å². The SMILES string of the molecule is CCOc1c(OC)cc(CNNc2nc(C)cs2)cc1OC.